The van der Waals surface area contributed by atoms with Crippen molar-refractivity contribution < 1.29 is 41.4 Å². The molecular weight excluding hydrogens is 549 g/mol. The van der Waals surface area contributed by atoms with E-state index in [9.17, 15) is 26.7 Å². The van der Waals surface area contributed by atoms with Crippen LogP contribution in [-0.2, 0) is 11.3 Å². The summed E-state index contributed by atoms with van der Waals surface area (Å²) in [5.41, 5.74) is 1.22. The maximum absolute atomic E-state index is 13.5. The van der Waals surface area contributed by atoms with E-state index < -0.39 is 29.7 Å². The molecule has 0 bridgehead atoms. The van der Waals surface area contributed by atoms with E-state index in [0.29, 0.717) is 6.54 Å². The van der Waals surface area contributed by atoms with E-state index in [-0.39, 0.29) is 17.7 Å². The summed E-state index contributed by atoms with van der Waals surface area (Å²) in [4.78, 5) is 25.9. The summed E-state index contributed by atoms with van der Waals surface area (Å²) in [6, 6.07) is 15.4. The number of nitrogens with zero attached hydrogens (tertiary/aromatic N) is 2. The molecule has 0 radical (unpaired) electrons. The van der Waals surface area contributed by atoms with Crippen LogP contribution < -0.4 is 10.1 Å². The van der Waals surface area contributed by atoms with Crippen LogP contribution in [0.3, 0.4) is 0 Å². The second-order valence-corrected chi connectivity index (χ2v) is 10.2. The second kappa shape index (κ2) is 12.8. The number of likely N-dealkylation sites (N-methyl/N-ethyl adjacent to an activating group) is 1. The van der Waals surface area contributed by atoms with Crippen molar-refractivity contribution in [2.45, 2.75) is 37.7 Å². The van der Waals surface area contributed by atoms with Crippen LogP contribution in [0.5, 0.6) is 5.75 Å². The third-order valence-corrected chi connectivity index (χ3v) is 6.98. The molecule has 5 rings (SSSR count). The van der Waals surface area contributed by atoms with Gasteiger partial charge in [0.1, 0.15) is 23.5 Å². The summed E-state index contributed by atoms with van der Waals surface area (Å²) in [6.45, 7) is 4.28. The van der Waals surface area contributed by atoms with Gasteiger partial charge in [-0.25, -0.2) is 13.6 Å². The van der Waals surface area contributed by atoms with Gasteiger partial charge in [0.25, 0.3) is 5.91 Å². The molecule has 2 heterocycles. The quantitative estimate of drug-likeness (QED) is 0.407. The molecule has 0 aliphatic carbocycles. The summed E-state index contributed by atoms with van der Waals surface area (Å²) >= 11 is 0. The van der Waals surface area contributed by atoms with E-state index in [1.54, 1.807) is 0 Å². The Hall–Kier alpha value is -3.77. The maximum Gasteiger partial charge on any atom is 0.490 e. The van der Waals surface area contributed by atoms with Crippen LogP contribution in [0, 0.1) is 11.6 Å². The summed E-state index contributed by atoms with van der Waals surface area (Å²) < 4.78 is 65.0. The lowest BCUT2D eigenvalue weighted by Crippen LogP contribution is -2.37. The molecule has 7 nitrogen and oxygen atoms in total. The van der Waals surface area contributed by atoms with Crippen molar-refractivity contribution in [3.05, 3.63) is 77.4 Å². The largest absolute Gasteiger partial charge is 0.490 e. The molecule has 2 aliphatic heterocycles. The zero-order chi connectivity index (χ0) is 29.7. The molecule has 2 saturated heterocycles. The molecule has 220 valence electrons. The lowest BCUT2D eigenvalue weighted by molar-refractivity contribution is -0.192. The minimum Gasteiger partial charge on any atom is -0.488 e. The number of hydrogen-bond donors (Lipinski definition) is 2. The second-order valence-electron chi connectivity index (χ2n) is 10.2. The van der Waals surface area contributed by atoms with Crippen LogP contribution in [0.2, 0.25) is 0 Å². The number of carbonyl (C=O) groups excluding carboxylic acids is 1. The van der Waals surface area contributed by atoms with Gasteiger partial charge in [-0.1, -0.05) is 30.3 Å². The molecular formula is C29H30F5N3O4. The lowest BCUT2D eigenvalue weighted by Gasteiger charge is -2.20. The molecule has 1 amide bonds. The SMILES string of the molecule is CN1CCC(Oc2ccc(CN3CC[C@H](NC(=O)c4cc(F)cc(F)c4)C3)c3ccccc23)C1.O=C(O)C(F)(F)F. The molecule has 2 fully saturated rings. The number of ether oxygens (including phenoxy) is 1. The Kier molecular flexibility index (Phi) is 9.44. The average Bonchev–Trinajstić information content (AvgIpc) is 3.52. The molecule has 2 atom stereocenters. The van der Waals surface area contributed by atoms with Crippen molar-refractivity contribution in [1.82, 2.24) is 15.1 Å². The topological polar surface area (TPSA) is 82.1 Å². The normalized spacial score (nSPS) is 19.6. The molecule has 0 aromatic heterocycles. The third kappa shape index (κ3) is 8.14. The standard InChI is InChI=1S/C27H29F2N3O2.C2HF3O2/c1-31-10-9-23(17-31)34-26-7-6-18(24-4-2-3-5-25(24)26)15-32-11-8-22(16-32)30-27(33)19-12-20(28)14-21(29)13-19;3-2(4,5)1(6)7/h2-7,12-14,22-23H,8-11,15-17H2,1H3,(H,30,33);(H,6,7)/t22-,23?;/m0./s1. The van der Waals surface area contributed by atoms with Crippen LogP contribution in [0.1, 0.15) is 28.8 Å². The molecule has 0 spiro atoms. The highest BCUT2D eigenvalue weighted by Gasteiger charge is 2.38. The van der Waals surface area contributed by atoms with Gasteiger partial charge in [0, 0.05) is 55.8 Å². The fourth-order valence-electron chi connectivity index (χ4n) is 5.03. The Morgan fingerprint density at radius 1 is 0.976 bits per heavy atom. The highest BCUT2D eigenvalue weighted by Crippen LogP contribution is 2.31. The minimum atomic E-state index is -5.08. The van der Waals surface area contributed by atoms with Gasteiger partial charge in [-0.05, 0) is 49.0 Å². The Balaban J connectivity index is 0.000000493. The number of hydrogen-bond acceptors (Lipinski definition) is 5. The number of alkyl halides is 3. The molecule has 41 heavy (non-hydrogen) atoms. The average molecular weight is 580 g/mol. The van der Waals surface area contributed by atoms with Gasteiger partial charge in [0.2, 0.25) is 0 Å². The highest BCUT2D eigenvalue weighted by molar-refractivity contribution is 5.94. The van der Waals surface area contributed by atoms with Gasteiger partial charge < -0.3 is 20.1 Å². The zero-order valence-corrected chi connectivity index (χ0v) is 22.3. The number of fused-ring (bicyclic) bond motifs is 1. The maximum atomic E-state index is 13.5. The fraction of sp³-hybridized carbons (Fsp3) is 0.379. The molecule has 3 aromatic rings. The first-order valence-corrected chi connectivity index (χ1v) is 13.0. The van der Waals surface area contributed by atoms with Crippen molar-refractivity contribution in [3.8, 4) is 5.75 Å². The van der Waals surface area contributed by atoms with Gasteiger partial charge in [-0.2, -0.15) is 13.2 Å². The van der Waals surface area contributed by atoms with E-state index in [0.717, 1.165) is 68.4 Å². The predicted molar refractivity (Wildman–Crippen MR) is 142 cm³/mol. The number of amides is 1. The Morgan fingerprint density at radius 3 is 2.24 bits per heavy atom. The lowest BCUT2D eigenvalue weighted by atomic mass is 10.0. The fourth-order valence-corrected chi connectivity index (χ4v) is 5.03. The first kappa shape index (κ1) is 30.2. The number of rotatable bonds is 6. The summed E-state index contributed by atoms with van der Waals surface area (Å²) in [7, 11) is 2.12. The number of benzene rings is 3. The van der Waals surface area contributed by atoms with Crippen molar-refractivity contribution in [3.63, 3.8) is 0 Å². The summed E-state index contributed by atoms with van der Waals surface area (Å²) in [6.07, 6.45) is -3.04. The first-order chi connectivity index (χ1) is 19.4. The third-order valence-electron chi connectivity index (χ3n) is 6.98. The number of carboxylic acid groups (broad SMARTS) is 1. The Labute approximate surface area is 233 Å². The van der Waals surface area contributed by atoms with Crippen LogP contribution >= 0.6 is 0 Å². The van der Waals surface area contributed by atoms with Gasteiger partial charge in [-0.3, -0.25) is 9.69 Å². The van der Waals surface area contributed by atoms with Gasteiger partial charge >= 0.3 is 12.1 Å². The number of carbonyl (C=O) groups is 2. The van der Waals surface area contributed by atoms with Gasteiger partial charge in [0.15, 0.2) is 0 Å². The van der Waals surface area contributed by atoms with Crippen molar-refractivity contribution in [2.24, 2.45) is 0 Å². The zero-order valence-electron chi connectivity index (χ0n) is 22.3. The van der Waals surface area contributed by atoms with E-state index in [2.05, 4.69) is 46.4 Å². The number of halogens is 5. The Morgan fingerprint density at radius 2 is 1.63 bits per heavy atom. The Bertz CT molecular complexity index is 1380. The smallest absolute Gasteiger partial charge is 0.488 e. The van der Waals surface area contributed by atoms with Crippen molar-refractivity contribution in [1.29, 1.82) is 0 Å². The number of carboxylic acids is 1. The predicted octanol–water partition coefficient (Wildman–Crippen LogP) is 4.84. The van der Waals surface area contributed by atoms with Crippen LogP contribution in [0.4, 0.5) is 22.0 Å². The van der Waals surface area contributed by atoms with E-state index >= 15 is 0 Å². The van der Waals surface area contributed by atoms with Gasteiger partial charge in [-0.15, -0.1) is 0 Å². The van der Waals surface area contributed by atoms with Gasteiger partial charge in [0.05, 0.1) is 0 Å². The molecule has 0 saturated carbocycles. The highest BCUT2D eigenvalue weighted by atomic mass is 19.4. The van der Waals surface area contributed by atoms with E-state index in [1.165, 1.54) is 10.9 Å². The first-order valence-electron chi connectivity index (χ1n) is 13.0. The van der Waals surface area contributed by atoms with E-state index in [1.807, 2.05) is 12.1 Å². The van der Waals surface area contributed by atoms with Crippen LogP contribution in [0.15, 0.2) is 54.6 Å². The van der Waals surface area contributed by atoms with Crippen molar-refractivity contribution >= 4 is 22.6 Å². The van der Waals surface area contributed by atoms with Crippen LogP contribution in [-0.4, -0.2) is 78.3 Å². The van der Waals surface area contributed by atoms with E-state index in [4.69, 9.17) is 14.6 Å². The number of nitrogens with one attached hydrogen (secondary N) is 1. The van der Waals surface area contributed by atoms with Crippen LogP contribution in [0.25, 0.3) is 10.8 Å². The summed E-state index contributed by atoms with van der Waals surface area (Å²) in [5.74, 6) is -3.79. The van der Waals surface area contributed by atoms with Crippen molar-refractivity contribution in [2.75, 3.05) is 33.2 Å². The minimum absolute atomic E-state index is 0.00555. The number of likely N-dealkylation sites (tertiary alicyclic amines) is 2. The molecule has 1 unspecified atom stereocenters. The molecule has 12 heteroatoms. The summed E-state index contributed by atoms with van der Waals surface area (Å²) in [5, 5.41) is 12.3. The monoisotopic (exact) mass is 579 g/mol. The molecule has 2 aliphatic rings. The number of aliphatic carboxylic acids is 1. The molecule has 2 N–H and O–H groups in total. The molecule has 3 aromatic carbocycles.